The molecule has 3 heteroatoms. The number of benzene rings is 1. The molecule has 0 radical (unpaired) electrons. The first kappa shape index (κ1) is 11.0. The molecule has 1 aromatic rings. The molecule has 0 saturated carbocycles. The normalized spacial score (nSPS) is 24.0. The lowest BCUT2D eigenvalue weighted by molar-refractivity contribution is 0.339. The highest BCUT2D eigenvalue weighted by molar-refractivity contribution is 5.33. The Kier molecular flexibility index (Phi) is 3.43. The summed E-state index contributed by atoms with van der Waals surface area (Å²) in [5.74, 6) is 1.27. The van der Waals surface area contributed by atoms with Gasteiger partial charge in [0.05, 0.1) is 18.6 Å². The monoisotopic (exact) mass is 216 g/mol. The van der Waals surface area contributed by atoms with Crippen LogP contribution >= 0.6 is 0 Å². The van der Waals surface area contributed by atoms with E-state index < -0.39 is 0 Å². The molecule has 16 heavy (non-hydrogen) atoms. The third-order valence-corrected chi connectivity index (χ3v) is 2.98. The Morgan fingerprint density at radius 1 is 1.50 bits per heavy atom. The summed E-state index contributed by atoms with van der Waals surface area (Å²) in [6.45, 7) is 4.32. The third-order valence-electron chi connectivity index (χ3n) is 2.98. The first-order valence-corrected chi connectivity index (χ1v) is 5.68. The molecule has 0 bridgehead atoms. The molecule has 2 unspecified atom stereocenters. The van der Waals surface area contributed by atoms with Crippen LogP contribution in [0.5, 0.6) is 5.75 Å². The van der Waals surface area contributed by atoms with Gasteiger partial charge in [0.1, 0.15) is 5.75 Å². The van der Waals surface area contributed by atoms with Gasteiger partial charge in [0, 0.05) is 19.0 Å². The van der Waals surface area contributed by atoms with Gasteiger partial charge in [0.2, 0.25) is 0 Å². The number of nitrogens with one attached hydrogen (secondary N) is 1. The van der Waals surface area contributed by atoms with Gasteiger partial charge in [-0.1, -0.05) is 12.1 Å². The van der Waals surface area contributed by atoms with Crippen molar-refractivity contribution in [3.8, 4) is 11.8 Å². The first-order valence-electron chi connectivity index (χ1n) is 5.68. The minimum atomic E-state index is 0.0804. The Hall–Kier alpha value is -1.53. The van der Waals surface area contributed by atoms with E-state index in [1.807, 2.05) is 25.1 Å². The highest BCUT2D eigenvalue weighted by Gasteiger charge is 2.28. The molecule has 84 valence electrons. The molecule has 1 aromatic carbocycles. The van der Waals surface area contributed by atoms with E-state index in [0.29, 0.717) is 12.5 Å². The zero-order chi connectivity index (χ0) is 11.4. The summed E-state index contributed by atoms with van der Waals surface area (Å²) in [4.78, 5) is 0. The molecule has 0 amide bonds. The minimum absolute atomic E-state index is 0.0804. The van der Waals surface area contributed by atoms with Crippen LogP contribution in [0.4, 0.5) is 0 Å². The van der Waals surface area contributed by atoms with E-state index in [-0.39, 0.29) is 5.92 Å². The summed E-state index contributed by atoms with van der Waals surface area (Å²) >= 11 is 0. The van der Waals surface area contributed by atoms with Gasteiger partial charge < -0.3 is 10.1 Å². The SMILES string of the molecule is CCOc1cccc(C2CNCC2C#N)c1. The smallest absolute Gasteiger partial charge is 0.119 e. The molecular formula is C13H16N2O. The van der Waals surface area contributed by atoms with Crippen molar-refractivity contribution < 1.29 is 4.74 Å². The quantitative estimate of drug-likeness (QED) is 0.839. The second-order valence-electron chi connectivity index (χ2n) is 4.01. The van der Waals surface area contributed by atoms with Gasteiger partial charge in [-0.05, 0) is 24.6 Å². The zero-order valence-electron chi connectivity index (χ0n) is 9.44. The van der Waals surface area contributed by atoms with Crippen molar-refractivity contribution in [3.05, 3.63) is 29.8 Å². The van der Waals surface area contributed by atoms with Crippen LogP contribution in [0, 0.1) is 17.2 Å². The predicted octanol–water partition coefficient (Wildman–Crippen LogP) is 1.91. The number of rotatable bonds is 3. The topological polar surface area (TPSA) is 45.0 Å². The maximum atomic E-state index is 9.05. The van der Waals surface area contributed by atoms with Crippen molar-refractivity contribution in [2.75, 3.05) is 19.7 Å². The predicted molar refractivity (Wildman–Crippen MR) is 62.3 cm³/mol. The molecule has 0 aromatic heterocycles. The summed E-state index contributed by atoms with van der Waals surface area (Å²) in [7, 11) is 0. The second kappa shape index (κ2) is 5.00. The Bertz CT molecular complexity index is 397. The molecule has 2 atom stereocenters. The Morgan fingerprint density at radius 2 is 2.38 bits per heavy atom. The van der Waals surface area contributed by atoms with Gasteiger partial charge in [-0.3, -0.25) is 0 Å². The van der Waals surface area contributed by atoms with Crippen molar-refractivity contribution in [1.29, 1.82) is 5.26 Å². The number of hydrogen-bond donors (Lipinski definition) is 1. The second-order valence-corrected chi connectivity index (χ2v) is 4.01. The number of ether oxygens (including phenoxy) is 1. The fourth-order valence-electron chi connectivity index (χ4n) is 2.17. The summed E-state index contributed by atoms with van der Waals surface area (Å²) in [5, 5.41) is 12.3. The van der Waals surface area contributed by atoms with Crippen molar-refractivity contribution in [2.45, 2.75) is 12.8 Å². The van der Waals surface area contributed by atoms with Gasteiger partial charge in [0.25, 0.3) is 0 Å². The lowest BCUT2D eigenvalue weighted by atomic mass is 9.90. The summed E-state index contributed by atoms with van der Waals surface area (Å²) < 4.78 is 5.47. The van der Waals surface area contributed by atoms with E-state index in [0.717, 1.165) is 18.8 Å². The van der Waals surface area contributed by atoms with Crippen LogP contribution in [0.15, 0.2) is 24.3 Å². The van der Waals surface area contributed by atoms with Crippen LogP contribution in [0.25, 0.3) is 0 Å². The lowest BCUT2D eigenvalue weighted by Crippen LogP contribution is -2.08. The van der Waals surface area contributed by atoms with Crippen molar-refractivity contribution in [3.63, 3.8) is 0 Å². The van der Waals surface area contributed by atoms with Crippen LogP contribution in [0.2, 0.25) is 0 Å². The van der Waals surface area contributed by atoms with Crippen molar-refractivity contribution in [1.82, 2.24) is 5.32 Å². The summed E-state index contributed by atoms with van der Waals surface area (Å²) in [6, 6.07) is 10.4. The Morgan fingerprint density at radius 3 is 3.12 bits per heavy atom. The van der Waals surface area contributed by atoms with Crippen LogP contribution in [-0.4, -0.2) is 19.7 Å². The van der Waals surface area contributed by atoms with Gasteiger partial charge in [-0.25, -0.2) is 0 Å². The molecule has 3 nitrogen and oxygen atoms in total. The average Bonchev–Trinajstić information content (AvgIpc) is 2.78. The van der Waals surface area contributed by atoms with Gasteiger partial charge in [0.15, 0.2) is 0 Å². The Balaban J connectivity index is 2.20. The fourth-order valence-corrected chi connectivity index (χ4v) is 2.17. The highest BCUT2D eigenvalue weighted by atomic mass is 16.5. The minimum Gasteiger partial charge on any atom is -0.494 e. The maximum Gasteiger partial charge on any atom is 0.119 e. The van der Waals surface area contributed by atoms with Crippen LogP contribution in [-0.2, 0) is 0 Å². The average molecular weight is 216 g/mol. The molecule has 0 aliphatic carbocycles. The van der Waals surface area contributed by atoms with E-state index in [9.17, 15) is 0 Å². The summed E-state index contributed by atoms with van der Waals surface area (Å²) in [5.41, 5.74) is 1.20. The van der Waals surface area contributed by atoms with Gasteiger partial charge >= 0.3 is 0 Å². The molecule has 1 fully saturated rings. The molecule has 0 spiro atoms. The standard InChI is InChI=1S/C13H16N2O/c1-2-16-12-5-3-4-10(6-12)13-9-15-8-11(13)7-14/h3-6,11,13,15H,2,8-9H2,1H3. The van der Waals surface area contributed by atoms with Crippen LogP contribution in [0.3, 0.4) is 0 Å². The highest BCUT2D eigenvalue weighted by Crippen LogP contribution is 2.29. The fraction of sp³-hybridized carbons (Fsp3) is 0.462. The third kappa shape index (κ3) is 2.17. The Labute approximate surface area is 96.0 Å². The molecule has 1 saturated heterocycles. The van der Waals surface area contributed by atoms with E-state index in [1.165, 1.54) is 5.56 Å². The van der Waals surface area contributed by atoms with Crippen LogP contribution in [0.1, 0.15) is 18.4 Å². The van der Waals surface area contributed by atoms with Crippen molar-refractivity contribution in [2.24, 2.45) is 5.92 Å². The molecular weight excluding hydrogens is 200 g/mol. The van der Waals surface area contributed by atoms with E-state index >= 15 is 0 Å². The molecule has 1 N–H and O–H groups in total. The molecule has 1 aliphatic heterocycles. The van der Waals surface area contributed by atoms with E-state index in [4.69, 9.17) is 10.00 Å². The first-order chi connectivity index (χ1) is 7.85. The van der Waals surface area contributed by atoms with E-state index in [1.54, 1.807) is 0 Å². The largest absolute Gasteiger partial charge is 0.494 e. The van der Waals surface area contributed by atoms with Crippen molar-refractivity contribution >= 4 is 0 Å². The maximum absolute atomic E-state index is 9.05. The van der Waals surface area contributed by atoms with Crippen LogP contribution < -0.4 is 10.1 Å². The number of hydrogen-bond acceptors (Lipinski definition) is 3. The molecule has 2 rings (SSSR count). The summed E-state index contributed by atoms with van der Waals surface area (Å²) in [6.07, 6.45) is 0. The lowest BCUT2D eigenvalue weighted by Gasteiger charge is -2.13. The van der Waals surface area contributed by atoms with Gasteiger partial charge in [-0.15, -0.1) is 0 Å². The van der Waals surface area contributed by atoms with Gasteiger partial charge in [-0.2, -0.15) is 5.26 Å². The number of nitriles is 1. The molecule has 1 aliphatic rings. The molecule has 1 heterocycles. The number of nitrogens with zero attached hydrogens (tertiary/aromatic N) is 1. The van der Waals surface area contributed by atoms with E-state index in [2.05, 4.69) is 17.5 Å². The zero-order valence-corrected chi connectivity index (χ0v) is 9.44.